The van der Waals surface area contributed by atoms with Crippen LogP contribution in [0.3, 0.4) is 0 Å². The van der Waals surface area contributed by atoms with Gasteiger partial charge in [-0.2, -0.15) is 0 Å². The summed E-state index contributed by atoms with van der Waals surface area (Å²) in [7, 11) is 0. The minimum Gasteiger partial charge on any atom is -0.388 e. The van der Waals surface area contributed by atoms with Crippen LogP contribution in [0.2, 0.25) is 0 Å². The highest BCUT2D eigenvalue weighted by Gasteiger charge is 2.55. The van der Waals surface area contributed by atoms with Gasteiger partial charge in [0.15, 0.2) is 0 Å². The molecule has 4 bridgehead atoms. The fraction of sp³-hybridized carbons (Fsp3) is 0.348. The van der Waals surface area contributed by atoms with Crippen LogP contribution in [0.4, 0.5) is 36.8 Å². The van der Waals surface area contributed by atoms with Gasteiger partial charge in [0.05, 0.1) is 0 Å². The highest BCUT2D eigenvalue weighted by Crippen LogP contribution is 2.47. The molecule has 4 heterocycles. The van der Waals surface area contributed by atoms with E-state index < -0.39 is 58.2 Å². The van der Waals surface area contributed by atoms with Crippen LogP contribution in [-0.4, -0.2) is 96.4 Å². The number of amides is 2. The number of likely N-dealkylation sites (tertiary alicyclic amines) is 3. The van der Waals surface area contributed by atoms with Crippen molar-refractivity contribution in [2.24, 2.45) is 23.7 Å². The molecular formula is C46H46Br2F6N6O4. The molecule has 4 aromatic carbocycles. The summed E-state index contributed by atoms with van der Waals surface area (Å²) in [5.74, 6) is -5.08. The summed E-state index contributed by atoms with van der Waals surface area (Å²) in [6, 6.07) is 14.3. The van der Waals surface area contributed by atoms with Crippen LogP contribution in [0.25, 0.3) is 0 Å². The number of carbonyl (C=O) groups excluding carboxylic acids is 1. The largest absolute Gasteiger partial charge is 0.388 e. The Hall–Kier alpha value is -4.74. The Kier molecular flexibility index (Phi) is 16.0. The Morgan fingerprint density at radius 3 is 1.56 bits per heavy atom. The number of hydrogen-bond donors (Lipinski definition) is 4. The van der Waals surface area contributed by atoms with Crippen LogP contribution in [0, 0.1) is 70.1 Å². The monoisotopic (exact) mass is 1020 g/mol. The normalized spacial score (nSPS) is 25.0. The van der Waals surface area contributed by atoms with Crippen LogP contribution >= 0.6 is 31.9 Å². The molecule has 0 saturated carbocycles. The van der Waals surface area contributed by atoms with Crippen LogP contribution in [0.15, 0.2) is 107 Å². The molecule has 4 fully saturated rings. The van der Waals surface area contributed by atoms with E-state index in [-0.39, 0.29) is 47.7 Å². The van der Waals surface area contributed by atoms with Gasteiger partial charge in [-0.05, 0) is 36.4 Å². The summed E-state index contributed by atoms with van der Waals surface area (Å²) in [5.41, 5.74) is -1.90. The predicted octanol–water partition coefficient (Wildman–Crippen LogP) is 8.27. The predicted molar refractivity (Wildman–Crippen MR) is 236 cm³/mol. The number of halogens is 8. The summed E-state index contributed by atoms with van der Waals surface area (Å²) in [6.45, 7) is 13.1. The van der Waals surface area contributed by atoms with Crippen LogP contribution in [-0.2, 0) is 11.2 Å². The van der Waals surface area contributed by atoms with E-state index in [9.17, 15) is 41.4 Å². The third-order valence-electron chi connectivity index (χ3n) is 12.0. The lowest BCUT2D eigenvalue weighted by Gasteiger charge is -2.55. The van der Waals surface area contributed by atoms with Gasteiger partial charge in [-0.3, -0.25) is 9.80 Å². The molecule has 4 aliphatic rings. The molecule has 4 aliphatic heterocycles. The number of benzene rings is 4. The van der Waals surface area contributed by atoms with E-state index in [1.165, 1.54) is 23.3 Å². The molecule has 2 amide bonds. The lowest BCUT2D eigenvalue weighted by Crippen LogP contribution is -2.66. The van der Waals surface area contributed by atoms with E-state index in [1.54, 1.807) is 30.3 Å². The van der Waals surface area contributed by atoms with E-state index in [4.69, 9.17) is 5.26 Å². The number of nitriles is 1. The van der Waals surface area contributed by atoms with E-state index in [0.29, 0.717) is 53.3 Å². The maximum Gasteiger partial charge on any atom is 0.321 e. The van der Waals surface area contributed by atoms with Crippen LogP contribution < -0.4 is 15.4 Å². The van der Waals surface area contributed by atoms with Gasteiger partial charge in [-0.25, -0.2) is 31.1 Å². The molecule has 64 heavy (non-hydrogen) atoms. The molecule has 10 nitrogen and oxygen atoms in total. The van der Waals surface area contributed by atoms with Gasteiger partial charge in [0.25, 0.3) is 6.26 Å². The second-order valence-electron chi connectivity index (χ2n) is 16.2. The Balaban J connectivity index is 0.000000181. The molecule has 4 N–H and O–H groups in total. The van der Waals surface area contributed by atoms with E-state index in [0.717, 1.165) is 50.0 Å². The highest BCUT2D eigenvalue weighted by atomic mass is 79.9. The second-order valence-corrected chi connectivity index (χ2v) is 18.0. The van der Waals surface area contributed by atoms with Gasteiger partial charge in [0.2, 0.25) is 0 Å². The maximum absolute atomic E-state index is 14.9. The molecule has 4 aromatic rings. The van der Waals surface area contributed by atoms with Crippen molar-refractivity contribution in [2.75, 3.05) is 70.8 Å². The first-order valence-electron chi connectivity index (χ1n) is 20.2. The van der Waals surface area contributed by atoms with Crippen molar-refractivity contribution in [3.63, 3.8) is 0 Å². The smallest absolute Gasteiger partial charge is 0.321 e. The number of urea groups is 1. The molecule has 0 spiro atoms. The molecule has 4 saturated heterocycles. The molecule has 0 aliphatic carbocycles. The first kappa shape index (κ1) is 48.7. The molecule has 18 heteroatoms. The van der Waals surface area contributed by atoms with Gasteiger partial charge in [0.1, 0.15) is 51.9 Å². The fourth-order valence-electron chi connectivity index (χ4n) is 9.30. The average Bonchev–Trinajstić information content (AvgIpc) is 3.18. The van der Waals surface area contributed by atoms with Crippen molar-refractivity contribution >= 4 is 43.6 Å². The Morgan fingerprint density at radius 2 is 1.14 bits per heavy atom. The maximum atomic E-state index is 14.9. The standard InChI is InChI=1S/C23H23BrF3N3O2.C16H20BrFN2O.C7H3F2NO/c1-2-5-29-10-14-12-30(22(31)28-19-8-17(25)7-18(26)9-19)13-15(11-29)23(14,32)20-4-3-16(24)6-21(20)27;1-2-5-20-9-11-7-19-8-12(10-20)16(11,21)14-4-3-13(17)6-15(14)18;8-5-1-6(9)3-7(2-5)11-4-10/h2-4,6-9,14-15,32H,1,5,10-13H2,(H,28,31);2-4,6,11-12,19,21H,1,5,7-10H2;1-3H. The number of anilines is 1. The minimum absolute atomic E-state index is 0.00531. The average molecular weight is 1020 g/mol. The van der Waals surface area contributed by atoms with Crippen molar-refractivity contribution in [2.45, 2.75) is 11.2 Å². The Bertz CT molecular complexity index is 2320. The Labute approximate surface area is 384 Å². The number of carbonyl (C=O) groups is 1. The summed E-state index contributed by atoms with van der Waals surface area (Å²) in [4.78, 5) is 18.8. The third-order valence-corrected chi connectivity index (χ3v) is 13.0. The number of piperidine rings is 4. The van der Waals surface area contributed by atoms with Crippen LogP contribution in [0.5, 0.6) is 5.75 Å². The third kappa shape index (κ3) is 11.0. The minimum atomic E-state index is -1.45. The van der Waals surface area contributed by atoms with E-state index >= 15 is 0 Å². The van der Waals surface area contributed by atoms with Gasteiger partial charge >= 0.3 is 6.03 Å². The topological polar surface area (TPSA) is 124 Å². The number of fused-ring (bicyclic) bond motifs is 4. The molecule has 340 valence electrons. The SMILES string of the molecule is C=CCN1CC2CN(C(=O)Nc3cc(F)cc(F)c3)CC(C1)C2(O)c1ccc(Br)cc1F.C=CCN1CC2CNCC(C1)C2(O)c1ccc(Br)cc1F.N#COc1cc(F)cc(F)c1. The van der Waals surface area contributed by atoms with E-state index in [1.807, 2.05) is 6.08 Å². The summed E-state index contributed by atoms with van der Waals surface area (Å²) in [6.07, 6.45) is 4.95. The van der Waals surface area contributed by atoms with Crippen molar-refractivity contribution in [1.29, 1.82) is 5.26 Å². The van der Waals surface area contributed by atoms with Crippen molar-refractivity contribution < 1.29 is 46.1 Å². The molecule has 0 aromatic heterocycles. The second kappa shape index (κ2) is 21.0. The first-order valence-corrected chi connectivity index (χ1v) is 21.8. The quantitative estimate of drug-likeness (QED) is 0.0791. The molecule has 4 atom stereocenters. The van der Waals surface area contributed by atoms with Crippen LogP contribution in [0.1, 0.15) is 11.1 Å². The molecule has 0 radical (unpaired) electrons. The highest BCUT2D eigenvalue weighted by molar-refractivity contribution is 9.10. The lowest BCUT2D eigenvalue weighted by molar-refractivity contribution is -0.157. The van der Waals surface area contributed by atoms with Crippen molar-refractivity contribution in [3.05, 3.63) is 153 Å². The number of hydrogen-bond acceptors (Lipinski definition) is 8. The molecule has 4 unspecified atom stereocenters. The summed E-state index contributed by atoms with van der Waals surface area (Å²) >= 11 is 6.52. The lowest BCUT2D eigenvalue weighted by atomic mass is 9.66. The summed E-state index contributed by atoms with van der Waals surface area (Å²) < 4.78 is 86.3. The Morgan fingerprint density at radius 1 is 0.719 bits per heavy atom. The zero-order valence-corrected chi connectivity index (χ0v) is 37.6. The van der Waals surface area contributed by atoms with Crippen molar-refractivity contribution in [1.82, 2.24) is 20.0 Å². The number of aliphatic hydroxyl groups is 2. The molecular weight excluding hydrogens is 974 g/mol. The number of nitrogens with zero attached hydrogens (tertiary/aromatic N) is 4. The van der Waals surface area contributed by atoms with Gasteiger partial charge < -0.3 is 30.5 Å². The molecule has 8 rings (SSSR count). The van der Waals surface area contributed by atoms with Gasteiger partial charge in [0, 0.05) is 139 Å². The zero-order chi connectivity index (χ0) is 46.3. The number of nitrogens with one attached hydrogen (secondary N) is 2. The van der Waals surface area contributed by atoms with Gasteiger partial charge in [-0.15, -0.1) is 18.4 Å². The van der Waals surface area contributed by atoms with E-state index in [2.05, 4.69) is 70.2 Å². The number of ether oxygens (including phenoxy) is 1. The zero-order valence-electron chi connectivity index (χ0n) is 34.4. The summed E-state index contributed by atoms with van der Waals surface area (Å²) in [5, 5.41) is 37.0. The van der Waals surface area contributed by atoms with Crippen molar-refractivity contribution in [3.8, 4) is 12.0 Å². The first-order chi connectivity index (χ1) is 30.5. The fourth-order valence-corrected chi connectivity index (χ4v) is 9.96. The number of rotatable bonds is 8. The van der Waals surface area contributed by atoms with Gasteiger partial charge in [-0.1, -0.05) is 56.1 Å².